The molecule has 0 heterocycles. The van der Waals surface area contributed by atoms with Crippen LogP contribution in [0, 0.1) is 5.92 Å². The summed E-state index contributed by atoms with van der Waals surface area (Å²) < 4.78 is 0. The van der Waals surface area contributed by atoms with E-state index in [2.05, 4.69) is 13.5 Å². The summed E-state index contributed by atoms with van der Waals surface area (Å²) in [6, 6.07) is 7.25. The lowest BCUT2D eigenvalue weighted by Gasteiger charge is -2.19. The number of benzene rings is 1. The summed E-state index contributed by atoms with van der Waals surface area (Å²) in [6.07, 6.45) is 1.88. The van der Waals surface area contributed by atoms with Crippen molar-refractivity contribution in [2.75, 3.05) is 6.54 Å². The molecule has 0 aliphatic heterocycles. The highest BCUT2D eigenvalue weighted by atomic mass is 16.3. The van der Waals surface area contributed by atoms with E-state index in [9.17, 15) is 5.11 Å². The second-order valence-electron chi connectivity index (χ2n) is 3.57. The molecule has 2 atom stereocenters. The second-order valence-corrected chi connectivity index (χ2v) is 3.57. The molecule has 0 fully saturated rings. The lowest BCUT2D eigenvalue weighted by molar-refractivity contribution is 0.471. The van der Waals surface area contributed by atoms with Gasteiger partial charge in [0.1, 0.15) is 5.75 Å². The van der Waals surface area contributed by atoms with Crippen molar-refractivity contribution >= 4 is 0 Å². The molecule has 1 aromatic rings. The summed E-state index contributed by atoms with van der Waals surface area (Å²) in [4.78, 5) is 0. The highest BCUT2D eigenvalue weighted by molar-refractivity contribution is 5.32. The summed E-state index contributed by atoms with van der Waals surface area (Å²) in [5.74, 6) is 0.847. The first kappa shape index (κ1) is 10.8. The van der Waals surface area contributed by atoms with Crippen LogP contribution in [0.2, 0.25) is 0 Å². The molecule has 1 aromatic carbocycles. The van der Waals surface area contributed by atoms with E-state index in [1.165, 1.54) is 0 Å². The van der Waals surface area contributed by atoms with Crippen molar-refractivity contribution in [1.29, 1.82) is 0 Å². The second kappa shape index (κ2) is 4.82. The normalized spacial score (nSPS) is 14.7. The molecule has 0 amide bonds. The summed E-state index contributed by atoms with van der Waals surface area (Å²) in [5, 5.41) is 9.35. The van der Waals surface area contributed by atoms with Crippen LogP contribution in [0.1, 0.15) is 18.4 Å². The minimum Gasteiger partial charge on any atom is -0.508 e. The number of hydrogen-bond acceptors (Lipinski definition) is 2. The first-order chi connectivity index (χ1) is 6.69. The lowest BCUT2D eigenvalue weighted by Crippen LogP contribution is -2.17. The Hall–Kier alpha value is -1.28. The van der Waals surface area contributed by atoms with Crippen molar-refractivity contribution < 1.29 is 5.11 Å². The first-order valence-electron chi connectivity index (χ1n) is 4.80. The van der Waals surface area contributed by atoms with Crippen molar-refractivity contribution in [2.24, 2.45) is 11.7 Å². The van der Waals surface area contributed by atoms with E-state index in [0.717, 1.165) is 5.56 Å². The Labute approximate surface area is 85.1 Å². The van der Waals surface area contributed by atoms with Crippen LogP contribution in [0.5, 0.6) is 5.75 Å². The fraction of sp³-hybridized carbons (Fsp3) is 0.333. The Kier molecular flexibility index (Phi) is 3.72. The van der Waals surface area contributed by atoms with Crippen LogP contribution in [-0.2, 0) is 0 Å². The third kappa shape index (κ3) is 2.36. The van der Waals surface area contributed by atoms with Crippen LogP contribution in [0.25, 0.3) is 0 Å². The number of aromatic hydroxyl groups is 1. The van der Waals surface area contributed by atoms with Crippen LogP contribution < -0.4 is 5.73 Å². The van der Waals surface area contributed by atoms with Gasteiger partial charge in [0.2, 0.25) is 0 Å². The van der Waals surface area contributed by atoms with E-state index < -0.39 is 0 Å². The number of phenolic OH excluding ortho intramolecular Hbond substituents is 1. The van der Waals surface area contributed by atoms with Crippen molar-refractivity contribution in [3.63, 3.8) is 0 Å². The maximum absolute atomic E-state index is 9.35. The molecule has 0 aliphatic rings. The van der Waals surface area contributed by atoms with Crippen LogP contribution >= 0.6 is 0 Å². The van der Waals surface area contributed by atoms with E-state index in [1.807, 2.05) is 18.2 Å². The molecular weight excluding hydrogens is 174 g/mol. The van der Waals surface area contributed by atoms with E-state index in [4.69, 9.17) is 5.73 Å². The zero-order valence-corrected chi connectivity index (χ0v) is 8.48. The van der Waals surface area contributed by atoms with Gasteiger partial charge in [-0.05, 0) is 30.2 Å². The predicted molar refractivity (Wildman–Crippen MR) is 59.3 cm³/mol. The summed E-state index contributed by atoms with van der Waals surface area (Å²) in [5.41, 5.74) is 6.68. The van der Waals surface area contributed by atoms with Gasteiger partial charge in [0.25, 0.3) is 0 Å². The largest absolute Gasteiger partial charge is 0.508 e. The molecule has 1 rings (SSSR count). The quantitative estimate of drug-likeness (QED) is 0.717. The molecule has 0 bridgehead atoms. The Balaban J connectivity index is 2.94. The zero-order valence-electron chi connectivity index (χ0n) is 8.48. The van der Waals surface area contributed by atoms with Gasteiger partial charge in [-0.1, -0.05) is 25.1 Å². The number of phenols is 1. The van der Waals surface area contributed by atoms with Crippen molar-refractivity contribution in [3.8, 4) is 5.75 Å². The van der Waals surface area contributed by atoms with Gasteiger partial charge in [0.05, 0.1) is 0 Å². The minimum atomic E-state index is 0.215. The zero-order chi connectivity index (χ0) is 10.6. The van der Waals surface area contributed by atoms with Gasteiger partial charge in [-0.25, -0.2) is 0 Å². The maximum Gasteiger partial charge on any atom is 0.115 e. The molecule has 3 N–H and O–H groups in total. The third-order valence-corrected chi connectivity index (χ3v) is 2.49. The van der Waals surface area contributed by atoms with Gasteiger partial charge < -0.3 is 10.8 Å². The fourth-order valence-corrected chi connectivity index (χ4v) is 1.58. The van der Waals surface area contributed by atoms with Crippen LogP contribution in [0.3, 0.4) is 0 Å². The van der Waals surface area contributed by atoms with Crippen LogP contribution in [0.4, 0.5) is 0 Å². The third-order valence-electron chi connectivity index (χ3n) is 2.49. The van der Waals surface area contributed by atoms with E-state index in [0.29, 0.717) is 18.2 Å². The van der Waals surface area contributed by atoms with Crippen molar-refractivity contribution in [1.82, 2.24) is 0 Å². The standard InChI is InChI=1S/C12H17NO/c1-3-12(9(2)8-13)10-5-4-6-11(14)7-10/h3-7,9,12,14H,1,8,13H2,2H3/t9?,12-/m1/s1. The molecule has 0 spiro atoms. The summed E-state index contributed by atoms with van der Waals surface area (Å²) in [6.45, 7) is 6.50. The molecule has 0 aliphatic carbocycles. The molecule has 76 valence electrons. The highest BCUT2D eigenvalue weighted by Crippen LogP contribution is 2.27. The van der Waals surface area contributed by atoms with Gasteiger partial charge in [-0.15, -0.1) is 6.58 Å². The van der Waals surface area contributed by atoms with Gasteiger partial charge in [-0.3, -0.25) is 0 Å². The van der Waals surface area contributed by atoms with E-state index >= 15 is 0 Å². The molecule has 2 heteroatoms. The highest BCUT2D eigenvalue weighted by Gasteiger charge is 2.14. The average Bonchev–Trinajstić information content (AvgIpc) is 2.19. The molecule has 2 nitrogen and oxygen atoms in total. The lowest BCUT2D eigenvalue weighted by atomic mass is 9.87. The monoisotopic (exact) mass is 191 g/mol. The van der Waals surface area contributed by atoms with Gasteiger partial charge in [0.15, 0.2) is 0 Å². The van der Waals surface area contributed by atoms with Gasteiger partial charge in [-0.2, -0.15) is 0 Å². The van der Waals surface area contributed by atoms with Gasteiger partial charge >= 0.3 is 0 Å². The number of hydrogen-bond donors (Lipinski definition) is 2. The maximum atomic E-state index is 9.35. The van der Waals surface area contributed by atoms with Crippen LogP contribution in [0.15, 0.2) is 36.9 Å². The molecule has 0 aromatic heterocycles. The topological polar surface area (TPSA) is 46.2 Å². The molecule has 0 saturated heterocycles. The Morgan fingerprint density at radius 1 is 1.57 bits per heavy atom. The van der Waals surface area contributed by atoms with Crippen molar-refractivity contribution in [3.05, 3.63) is 42.5 Å². The van der Waals surface area contributed by atoms with Gasteiger partial charge in [0, 0.05) is 5.92 Å². The Bertz CT molecular complexity index is 309. The summed E-state index contributed by atoms with van der Waals surface area (Å²) >= 11 is 0. The first-order valence-corrected chi connectivity index (χ1v) is 4.80. The van der Waals surface area contributed by atoms with Crippen molar-refractivity contribution in [2.45, 2.75) is 12.8 Å². The molecule has 0 saturated carbocycles. The number of nitrogens with two attached hydrogens (primary N) is 1. The predicted octanol–water partition coefficient (Wildman–Crippen LogP) is 2.26. The Morgan fingerprint density at radius 2 is 2.29 bits per heavy atom. The molecule has 1 unspecified atom stereocenters. The van der Waals surface area contributed by atoms with E-state index in [1.54, 1.807) is 12.1 Å². The SMILES string of the molecule is C=C[C@@H](c1cccc(O)c1)C(C)CN. The van der Waals surface area contributed by atoms with E-state index in [-0.39, 0.29) is 5.92 Å². The smallest absolute Gasteiger partial charge is 0.115 e. The number of allylic oxidation sites excluding steroid dienone is 1. The van der Waals surface area contributed by atoms with Crippen LogP contribution in [-0.4, -0.2) is 11.7 Å². The minimum absolute atomic E-state index is 0.215. The molecule has 0 radical (unpaired) electrons. The average molecular weight is 191 g/mol. The fourth-order valence-electron chi connectivity index (χ4n) is 1.58. The summed E-state index contributed by atoms with van der Waals surface area (Å²) in [7, 11) is 0. The molecular formula is C12H17NO. The Morgan fingerprint density at radius 3 is 2.79 bits per heavy atom. The number of rotatable bonds is 4. The molecule has 14 heavy (non-hydrogen) atoms.